The average molecular weight is 603 g/mol. The Labute approximate surface area is 253 Å². The van der Waals surface area contributed by atoms with Crippen molar-refractivity contribution in [3.63, 3.8) is 0 Å². The van der Waals surface area contributed by atoms with Crippen molar-refractivity contribution in [1.82, 2.24) is 29.4 Å². The van der Waals surface area contributed by atoms with E-state index in [1.807, 2.05) is 78.6 Å². The SMILES string of the molecule is COc1cc2c(cc1-c1ccn(C)n1)-c1c(c(C(=O)N3CCN(C(=O)OC(C)(C)C)CC34CC4)nn1-c1ccsc1)CO2. The Bertz CT molecular complexity index is 1730. The van der Waals surface area contributed by atoms with Gasteiger partial charge in [-0.1, -0.05) is 0 Å². The Morgan fingerprint density at radius 3 is 2.56 bits per heavy atom. The van der Waals surface area contributed by atoms with E-state index in [4.69, 9.17) is 19.3 Å². The molecule has 2 fully saturated rings. The number of thiophene rings is 1. The normalized spacial score (nSPS) is 16.9. The first-order valence-corrected chi connectivity index (χ1v) is 15.3. The Morgan fingerprint density at radius 2 is 1.91 bits per heavy atom. The van der Waals surface area contributed by atoms with Gasteiger partial charge in [0.25, 0.3) is 5.91 Å². The Balaban J connectivity index is 1.28. The summed E-state index contributed by atoms with van der Waals surface area (Å²) in [5.74, 6) is 1.17. The molecule has 1 saturated heterocycles. The fourth-order valence-corrected chi connectivity index (χ4v) is 6.63. The van der Waals surface area contributed by atoms with Crippen LogP contribution >= 0.6 is 11.3 Å². The van der Waals surface area contributed by atoms with Crippen molar-refractivity contribution in [2.75, 3.05) is 26.7 Å². The van der Waals surface area contributed by atoms with Gasteiger partial charge in [-0.15, -0.1) is 0 Å². The van der Waals surface area contributed by atoms with E-state index in [-0.39, 0.29) is 18.6 Å². The second-order valence-corrected chi connectivity index (χ2v) is 13.1. The van der Waals surface area contributed by atoms with E-state index >= 15 is 0 Å². The summed E-state index contributed by atoms with van der Waals surface area (Å²) in [7, 11) is 3.50. The maximum Gasteiger partial charge on any atom is 0.410 e. The van der Waals surface area contributed by atoms with Crippen LogP contribution in [-0.4, -0.2) is 79.2 Å². The van der Waals surface area contributed by atoms with Gasteiger partial charge in [0, 0.05) is 61.0 Å². The largest absolute Gasteiger partial charge is 0.496 e. The summed E-state index contributed by atoms with van der Waals surface area (Å²) in [6.45, 7) is 7.05. The zero-order valence-electron chi connectivity index (χ0n) is 24.9. The third kappa shape index (κ3) is 4.73. The highest BCUT2D eigenvalue weighted by Gasteiger charge is 2.55. The van der Waals surface area contributed by atoms with Crippen LogP contribution in [0.3, 0.4) is 0 Å². The van der Waals surface area contributed by atoms with E-state index in [2.05, 4.69) is 5.10 Å². The third-order valence-electron chi connectivity index (χ3n) is 8.23. The molecule has 1 spiro atoms. The van der Waals surface area contributed by atoms with Gasteiger partial charge < -0.3 is 24.0 Å². The molecule has 3 aliphatic rings. The van der Waals surface area contributed by atoms with E-state index < -0.39 is 11.1 Å². The molecule has 0 bridgehead atoms. The van der Waals surface area contributed by atoms with Gasteiger partial charge in [0.05, 0.1) is 29.7 Å². The van der Waals surface area contributed by atoms with Crippen LogP contribution in [0.4, 0.5) is 4.79 Å². The molecule has 224 valence electrons. The molecule has 1 aliphatic carbocycles. The maximum atomic E-state index is 14.3. The summed E-state index contributed by atoms with van der Waals surface area (Å²) in [6, 6.07) is 7.82. The average Bonchev–Trinajstić information content (AvgIpc) is 3.35. The molecule has 1 saturated carbocycles. The van der Waals surface area contributed by atoms with Crippen molar-refractivity contribution in [1.29, 1.82) is 0 Å². The van der Waals surface area contributed by atoms with Gasteiger partial charge >= 0.3 is 6.09 Å². The fourth-order valence-electron chi connectivity index (χ4n) is 6.02. The number of fused-ring (bicyclic) bond motifs is 3. The summed E-state index contributed by atoms with van der Waals surface area (Å²) in [5, 5.41) is 13.6. The van der Waals surface area contributed by atoms with Crippen molar-refractivity contribution >= 4 is 23.3 Å². The number of rotatable bonds is 4. The molecule has 1 aromatic carbocycles. The first kappa shape index (κ1) is 27.5. The number of hydrogen-bond donors (Lipinski definition) is 0. The molecular formula is C31H34N6O5S. The van der Waals surface area contributed by atoms with Gasteiger partial charge in [0.1, 0.15) is 23.7 Å². The van der Waals surface area contributed by atoms with Crippen LogP contribution in [0.25, 0.3) is 28.2 Å². The molecule has 11 nitrogen and oxygen atoms in total. The number of hydrogen-bond acceptors (Lipinski definition) is 8. The Kier molecular flexibility index (Phi) is 6.31. The predicted molar refractivity (Wildman–Crippen MR) is 161 cm³/mol. The number of piperazine rings is 1. The van der Waals surface area contributed by atoms with Crippen molar-refractivity contribution in [2.24, 2.45) is 7.05 Å². The number of carbonyl (C=O) groups is 2. The number of nitrogens with zero attached hydrogens (tertiary/aromatic N) is 6. The number of methoxy groups -OCH3 is 1. The quantitative estimate of drug-likeness (QED) is 0.319. The van der Waals surface area contributed by atoms with Crippen LogP contribution in [-0.2, 0) is 18.4 Å². The second kappa shape index (κ2) is 9.87. The summed E-state index contributed by atoms with van der Waals surface area (Å²) in [6.07, 6.45) is 3.21. The first-order valence-electron chi connectivity index (χ1n) is 14.4. The lowest BCUT2D eigenvalue weighted by Gasteiger charge is -2.42. The minimum absolute atomic E-state index is 0.142. The molecular weight excluding hydrogens is 568 g/mol. The molecule has 0 radical (unpaired) electrons. The van der Waals surface area contributed by atoms with E-state index in [1.165, 1.54) is 0 Å². The molecule has 43 heavy (non-hydrogen) atoms. The Hall–Kier alpha value is -4.32. The number of benzene rings is 1. The minimum Gasteiger partial charge on any atom is -0.496 e. The molecule has 2 amide bonds. The highest BCUT2D eigenvalue weighted by atomic mass is 32.1. The first-order chi connectivity index (χ1) is 20.6. The molecule has 0 unspecified atom stereocenters. The molecule has 4 aromatic rings. The zero-order chi connectivity index (χ0) is 30.1. The highest BCUT2D eigenvalue weighted by molar-refractivity contribution is 7.08. The van der Waals surface area contributed by atoms with Crippen LogP contribution in [0.15, 0.2) is 41.2 Å². The molecule has 12 heteroatoms. The van der Waals surface area contributed by atoms with Gasteiger partial charge in [0.2, 0.25) is 0 Å². The van der Waals surface area contributed by atoms with Gasteiger partial charge in [-0.05, 0) is 57.2 Å². The van der Waals surface area contributed by atoms with Crippen LogP contribution in [0.1, 0.15) is 49.7 Å². The van der Waals surface area contributed by atoms with Crippen LogP contribution in [0.2, 0.25) is 0 Å². The fraction of sp³-hybridized carbons (Fsp3) is 0.419. The summed E-state index contributed by atoms with van der Waals surface area (Å²) in [4.78, 5) is 30.8. The third-order valence-corrected chi connectivity index (χ3v) is 8.90. The number of aromatic nitrogens is 4. The van der Waals surface area contributed by atoms with Crippen LogP contribution in [0, 0.1) is 0 Å². The second-order valence-electron chi connectivity index (χ2n) is 12.4. The lowest BCUT2D eigenvalue weighted by atomic mass is 9.97. The molecule has 0 N–H and O–H groups in total. The zero-order valence-corrected chi connectivity index (χ0v) is 25.7. The predicted octanol–water partition coefficient (Wildman–Crippen LogP) is 5.13. The van der Waals surface area contributed by atoms with Crippen LogP contribution in [0.5, 0.6) is 11.5 Å². The lowest BCUT2D eigenvalue weighted by molar-refractivity contribution is 0.000438. The minimum atomic E-state index is -0.578. The van der Waals surface area contributed by atoms with Gasteiger partial charge in [-0.3, -0.25) is 9.48 Å². The summed E-state index contributed by atoms with van der Waals surface area (Å²) in [5.41, 5.74) is 4.23. The standard InChI is InChI=1S/C31H34N6O5S/c1-30(2,3)42-29(39)35-11-12-36(31(18-35)8-9-31)28(38)26-22-16-41-25-15-24(40-5)20(23-6-10-34(4)32-23)14-21(25)27(22)37(33-26)19-7-13-43-17-19/h6-7,10,13-15,17H,8-9,11-12,16,18H2,1-5H3. The summed E-state index contributed by atoms with van der Waals surface area (Å²) >= 11 is 1.57. The maximum absolute atomic E-state index is 14.3. The lowest BCUT2D eigenvalue weighted by Crippen LogP contribution is -2.59. The summed E-state index contributed by atoms with van der Waals surface area (Å²) < 4.78 is 21.2. The molecule has 3 aromatic heterocycles. The Morgan fingerprint density at radius 1 is 1.09 bits per heavy atom. The smallest absolute Gasteiger partial charge is 0.410 e. The number of carbonyl (C=O) groups excluding carboxylic acids is 2. The monoisotopic (exact) mass is 602 g/mol. The molecule has 5 heterocycles. The highest BCUT2D eigenvalue weighted by Crippen LogP contribution is 2.48. The molecule has 2 aliphatic heterocycles. The van der Waals surface area contributed by atoms with E-state index in [1.54, 1.807) is 28.0 Å². The van der Waals surface area contributed by atoms with Gasteiger partial charge in [0.15, 0.2) is 5.69 Å². The number of ether oxygens (including phenoxy) is 3. The topological polar surface area (TPSA) is 104 Å². The van der Waals surface area contributed by atoms with Crippen LogP contribution < -0.4 is 9.47 Å². The van der Waals surface area contributed by atoms with E-state index in [0.29, 0.717) is 36.8 Å². The van der Waals surface area contributed by atoms with E-state index in [9.17, 15) is 9.59 Å². The van der Waals surface area contributed by atoms with Crippen molar-refractivity contribution in [2.45, 2.75) is 51.4 Å². The molecule has 7 rings (SSSR count). The molecule has 0 atom stereocenters. The number of amides is 2. The van der Waals surface area contributed by atoms with Crippen molar-refractivity contribution in [3.05, 3.63) is 52.5 Å². The van der Waals surface area contributed by atoms with E-state index in [0.717, 1.165) is 46.6 Å². The van der Waals surface area contributed by atoms with Gasteiger partial charge in [-0.25, -0.2) is 9.48 Å². The van der Waals surface area contributed by atoms with Crippen molar-refractivity contribution in [3.8, 4) is 39.7 Å². The van der Waals surface area contributed by atoms with Crippen molar-refractivity contribution < 1.29 is 23.8 Å². The van der Waals surface area contributed by atoms with Gasteiger partial charge in [-0.2, -0.15) is 21.5 Å². The number of aryl methyl sites for hydroxylation is 1.